The summed E-state index contributed by atoms with van der Waals surface area (Å²) in [5, 5.41) is 0. The van der Waals surface area contributed by atoms with Gasteiger partial charge in [-0.05, 0) is 97.7 Å². The quantitative estimate of drug-likeness (QED) is 0.292. The summed E-state index contributed by atoms with van der Waals surface area (Å²) in [6.07, 6.45) is 17.3. The Kier molecular flexibility index (Phi) is 6.98. The minimum atomic E-state index is -3.38. The molecule has 0 aromatic carbocycles. The second-order valence-electron chi connectivity index (χ2n) is 13.0. The van der Waals surface area contributed by atoms with Crippen LogP contribution >= 0.6 is 0 Å². The van der Waals surface area contributed by atoms with Gasteiger partial charge in [0.2, 0.25) is 0 Å². The van der Waals surface area contributed by atoms with E-state index in [9.17, 15) is 8.42 Å². The fraction of sp³-hybridized carbons (Fsp3) is 0.929. The van der Waals surface area contributed by atoms with Gasteiger partial charge in [-0.15, -0.1) is 0 Å². The zero-order valence-electron chi connectivity index (χ0n) is 21.5. The molecule has 0 heterocycles. The van der Waals surface area contributed by atoms with Crippen molar-refractivity contribution in [3.05, 3.63) is 11.6 Å². The van der Waals surface area contributed by atoms with Crippen LogP contribution in [0.15, 0.2) is 11.6 Å². The summed E-state index contributed by atoms with van der Waals surface area (Å²) in [5.74, 6) is 5.05. The molecule has 4 aliphatic rings. The molecule has 0 amide bonds. The molecule has 0 bridgehead atoms. The Balaban J connectivity index is 1.47. The third kappa shape index (κ3) is 4.61. The van der Waals surface area contributed by atoms with Crippen molar-refractivity contribution < 1.29 is 12.6 Å². The molecule has 4 heteroatoms. The summed E-state index contributed by atoms with van der Waals surface area (Å²) in [6.45, 7) is 12.4. The van der Waals surface area contributed by atoms with E-state index in [-0.39, 0.29) is 11.5 Å². The molecule has 4 aliphatic carbocycles. The highest BCUT2D eigenvalue weighted by Gasteiger charge is 2.59. The second kappa shape index (κ2) is 9.02. The lowest BCUT2D eigenvalue weighted by atomic mass is 9.47. The summed E-state index contributed by atoms with van der Waals surface area (Å²) in [6, 6.07) is 0. The van der Waals surface area contributed by atoms with E-state index >= 15 is 0 Å². The molecule has 0 aromatic rings. The molecule has 4 rings (SSSR count). The lowest BCUT2D eigenvalue weighted by molar-refractivity contribution is -0.0556. The van der Waals surface area contributed by atoms with Crippen molar-refractivity contribution in [2.75, 3.05) is 6.26 Å². The van der Waals surface area contributed by atoms with Crippen LogP contribution < -0.4 is 0 Å². The van der Waals surface area contributed by atoms with E-state index in [2.05, 4.69) is 40.7 Å². The molecule has 0 aromatic heterocycles. The lowest BCUT2D eigenvalue weighted by Crippen LogP contribution is -2.51. The first-order valence-corrected chi connectivity index (χ1v) is 15.3. The molecule has 0 N–H and O–H groups in total. The van der Waals surface area contributed by atoms with E-state index in [1.54, 1.807) is 0 Å². The van der Waals surface area contributed by atoms with Crippen LogP contribution in [-0.2, 0) is 14.3 Å². The number of rotatable bonds is 7. The Morgan fingerprint density at radius 1 is 1.03 bits per heavy atom. The molecular formula is C28H48O3S. The van der Waals surface area contributed by atoms with E-state index in [1.165, 1.54) is 63.2 Å². The highest BCUT2D eigenvalue weighted by molar-refractivity contribution is 7.86. The third-order valence-electron chi connectivity index (χ3n) is 10.6. The Labute approximate surface area is 198 Å². The topological polar surface area (TPSA) is 43.4 Å². The summed E-state index contributed by atoms with van der Waals surface area (Å²) in [7, 11) is -3.38. The first kappa shape index (κ1) is 24.8. The monoisotopic (exact) mass is 464 g/mol. The van der Waals surface area contributed by atoms with Gasteiger partial charge in [0, 0.05) is 0 Å². The van der Waals surface area contributed by atoms with Gasteiger partial charge in [-0.25, -0.2) is 0 Å². The van der Waals surface area contributed by atoms with E-state index in [1.807, 2.05) is 0 Å². The minimum Gasteiger partial charge on any atom is -0.267 e. The molecule has 3 nitrogen and oxygen atoms in total. The van der Waals surface area contributed by atoms with Crippen molar-refractivity contribution in [2.24, 2.45) is 46.3 Å². The Morgan fingerprint density at radius 3 is 2.47 bits per heavy atom. The summed E-state index contributed by atoms with van der Waals surface area (Å²) >= 11 is 0. The van der Waals surface area contributed by atoms with Gasteiger partial charge in [0.15, 0.2) is 0 Å². The highest BCUT2D eigenvalue weighted by Crippen LogP contribution is 2.67. The average molecular weight is 465 g/mol. The van der Waals surface area contributed by atoms with Gasteiger partial charge in [0.25, 0.3) is 10.1 Å². The fourth-order valence-electron chi connectivity index (χ4n) is 8.98. The van der Waals surface area contributed by atoms with Crippen LogP contribution in [0, 0.1) is 46.3 Å². The van der Waals surface area contributed by atoms with Crippen molar-refractivity contribution in [1.29, 1.82) is 0 Å². The molecule has 184 valence electrons. The van der Waals surface area contributed by atoms with Gasteiger partial charge in [-0.1, -0.05) is 65.5 Å². The standard InChI is InChI=1S/C28H48O3S/c1-19(2)8-7-9-20(3)24-12-13-25-23-11-10-21-18-22(31-32(6,29)30)14-16-27(21,4)26(23)15-17-28(24,25)5/h10,19-20,22-26H,7-9,11-18H2,1-6H3/t20-,22+,23-,24?,25+,26+,27?,28?/m1/s1. The Bertz CT molecular complexity index is 815. The van der Waals surface area contributed by atoms with Crippen molar-refractivity contribution >= 4 is 10.1 Å². The van der Waals surface area contributed by atoms with Crippen molar-refractivity contribution in [3.8, 4) is 0 Å². The molecule has 0 aliphatic heterocycles. The van der Waals surface area contributed by atoms with Gasteiger partial charge >= 0.3 is 0 Å². The fourth-order valence-corrected chi connectivity index (χ4v) is 9.64. The van der Waals surface area contributed by atoms with Gasteiger partial charge in [0.1, 0.15) is 0 Å². The minimum absolute atomic E-state index is 0.155. The molecule has 0 radical (unpaired) electrons. The van der Waals surface area contributed by atoms with E-state index in [0.29, 0.717) is 5.41 Å². The average Bonchev–Trinajstić information content (AvgIpc) is 3.04. The van der Waals surface area contributed by atoms with Gasteiger partial charge in [0.05, 0.1) is 12.4 Å². The largest absolute Gasteiger partial charge is 0.267 e. The maximum Gasteiger partial charge on any atom is 0.264 e. The molecular weight excluding hydrogens is 416 g/mol. The van der Waals surface area contributed by atoms with E-state index in [4.69, 9.17) is 4.18 Å². The Morgan fingerprint density at radius 2 is 1.78 bits per heavy atom. The van der Waals surface area contributed by atoms with Crippen LogP contribution in [0.4, 0.5) is 0 Å². The number of allylic oxidation sites excluding steroid dienone is 1. The maximum atomic E-state index is 11.7. The molecule has 32 heavy (non-hydrogen) atoms. The van der Waals surface area contributed by atoms with Crippen LogP contribution in [0.5, 0.6) is 0 Å². The van der Waals surface area contributed by atoms with E-state index < -0.39 is 10.1 Å². The zero-order chi connectivity index (χ0) is 23.3. The smallest absolute Gasteiger partial charge is 0.264 e. The van der Waals surface area contributed by atoms with Crippen molar-refractivity contribution in [2.45, 2.75) is 111 Å². The number of hydrogen-bond acceptors (Lipinski definition) is 3. The van der Waals surface area contributed by atoms with Gasteiger partial charge in [-0.2, -0.15) is 8.42 Å². The third-order valence-corrected chi connectivity index (χ3v) is 11.2. The van der Waals surface area contributed by atoms with Crippen LogP contribution in [0.3, 0.4) is 0 Å². The van der Waals surface area contributed by atoms with Gasteiger partial charge < -0.3 is 0 Å². The summed E-state index contributed by atoms with van der Waals surface area (Å²) < 4.78 is 28.8. The molecule has 3 saturated carbocycles. The normalized spacial score (nSPS) is 42.7. The van der Waals surface area contributed by atoms with Gasteiger partial charge in [-0.3, -0.25) is 4.18 Å². The van der Waals surface area contributed by atoms with Crippen LogP contribution in [0.2, 0.25) is 0 Å². The number of fused-ring (bicyclic) bond motifs is 5. The molecule has 3 fully saturated rings. The van der Waals surface area contributed by atoms with Crippen LogP contribution in [-0.4, -0.2) is 20.8 Å². The predicted octanol–water partition coefficient (Wildman–Crippen LogP) is 7.37. The lowest BCUT2D eigenvalue weighted by Gasteiger charge is -2.58. The molecule has 0 spiro atoms. The first-order valence-electron chi connectivity index (χ1n) is 13.5. The number of hydrogen-bond donors (Lipinski definition) is 0. The van der Waals surface area contributed by atoms with Crippen molar-refractivity contribution in [1.82, 2.24) is 0 Å². The second-order valence-corrected chi connectivity index (χ2v) is 14.6. The molecule has 3 unspecified atom stereocenters. The highest BCUT2D eigenvalue weighted by atomic mass is 32.2. The maximum absolute atomic E-state index is 11.7. The summed E-state index contributed by atoms with van der Waals surface area (Å²) in [5.41, 5.74) is 2.28. The SMILES string of the molecule is CC(C)CCC[C@@H](C)C1CC[C@H]2[C@H]3CC=C4C[C@@H](OS(C)(=O)=O)CCC4(C)[C@H]3CCC12C. The first-order chi connectivity index (χ1) is 14.9. The zero-order valence-corrected chi connectivity index (χ0v) is 22.3. The van der Waals surface area contributed by atoms with Crippen LogP contribution in [0.25, 0.3) is 0 Å². The Hall–Kier alpha value is -0.350. The van der Waals surface area contributed by atoms with Crippen LogP contribution in [0.1, 0.15) is 105 Å². The summed E-state index contributed by atoms with van der Waals surface area (Å²) in [4.78, 5) is 0. The molecule has 0 saturated heterocycles. The van der Waals surface area contributed by atoms with Crippen molar-refractivity contribution in [3.63, 3.8) is 0 Å². The molecule has 8 atom stereocenters. The van der Waals surface area contributed by atoms with E-state index in [0.717, 1.165) is 54.8 Å². The predicted molar refractivity (Wildman–Crippen MR) is 133 cm³/mol.